The van der Waals surface area contributed by atoms with Crippen molar-refractivity contribution in [2.45, 2.75) is 31.9 Å². The van der Waals surface area contributed by atoms with Gasteiger partial charge in [-0.25, -0.2) is 4.79 Å². The number of amides is 3. The number of nitrogens with one attached hydrogen (secondary N) is 1. The Morgan fingerprint density at radius 2 is 1.90 bits per heavy atom. The Morgan fingerprint density at radius 1 is 1.25 bits per heavy atom. The Kier molecular flexibility index (Phi) is 5.34. The van der Waals surface area contributed by atoms with E-state index in [4.69, 9.17) is 5.11 Å². The second-order valence-electron chi connectivity index (χ2n) is 4.57. The summed E-state index contributed by atoms with van der Waals surface area (Å²) in [6, 6.07) is -0.908. The highest BCUT2D eigenvalue weighted by Crippen LogP contribution is 2.32. The summed E-state index contributed by atoms with van der Waals surface area (Å²) in [5.74, 6) is -3.59. The molecule has 9 heteroatoms. The molecule has 3 amide bonds. The normalized spacial score (nSPS) is 19.6. The van der Waals surface area contributed by atoms with Crippen LogP contribution in [0.15, 0.2) is 0 Å². The van der Waals surface area contributed by atoms with Crippen LogP contribution in [0.1, 0.15) is 25.7 Å². The molecule has 0 aliphatic carbocycles. The number of halogens is 3. The van der Waals surface area contributed by atoms with Crippen molar-refractivity contribution in [1.29, 1.82) is 0 Å². The summed E-state index contributed by atoms with van der Waals surface area (Å²) in [5.41, 5.74) is 0. The Labute approximate surface area is 112 Å². The first-order valence-corrected chi connectivity index (χ1v) is 6.07. The first-order valence-electron chi connectivity index (χ1n) is 6.07. The number of hydrogen-bond donors (Lipinski definition) is 2. The lowest BCUT2D eigenvalue weighted by atomic mass is 9.98. The second-order valence-corrected chi connectivity index (χ2v) is 4.57. The van der Waals surface area contributed by atoms with Gasteiger partial charge < -0.3 is 10.0 Å². The summed E-state index contributed by atoms with van der Waals surface area (Å²) in [5, 5.41) is 10.3. The molecule has 1 aliphatic rings. The first kappa shape index (κ1) is 16.3. The van der Waals surface area contributed by atoms with Crippen LogP contribution in [0.2, 0.25) is 0 Å². The average molecular weight is 296 g/mol. The number of rotatable bonds is 3. The van der Waals surface area contributed by atoms with Gasteiger partial charge >= 0.3 is 18.2 Å². The molecule has 1 heterocycles. The van der Waals surface area contributed by atoms with Gasteiger partial charge in [0.15, 0.2) is 0 Å². The second kappa shape index (κ2) is 6.58. The SMILES string of the molecule is O=C(O)CCC(=O)NC(=O)N1CCCC(C(F)(F)F)C1. The number of imide groups is 1. The zero-order valence-electron chi connectivity index (χ0n) is 10.6. The molecule has 0 spiro atoms. The zero-order valence-corrected chi connectivity index (χ0v) is 10.6. The summed E-state index contributed by atoms with van der Waals surface area (Å²) in [6.07, 6.45) is -5.03. The number of likely N-dealkylation sites (tertiary alicyclic amines) is 1. The van der Waals surface area contributed by atoms with Crippen molar-refractivity contribution < 1.29 is 32.7 Å². The number of carboxylic acids is 1. The molecule has 1 unspecified atom stereocenters. The van der Waals surface area contributed by atoms with Crippen molar-refractivity contribution in [3.63, 3.8) is 0 Å². The zero-order chi connectivity index (χ0) is 15.3. The molecular formula is C11H15F3N2O4. The molecule has 1 saturated heterocycles. The Balaban J connectivity index is 2.47. The van der Waals surface area contributed by atoms with E-state index in [9.17, 15) is 27.6 Å². The minimum absolute atomic E-state index is 0.0414. The molecular weight excluding hydrogens is 281 g/mol. The van der Waals surface area contributed by atoms with Crippen LogP contribution in [0.5, 0.6) is 0 Å². The van der Waals surface area contributed by atoms with Gasteiger partial charge in [-0.15, -0.1) is 0 Å². The van der Waals surface area contributed by atoms with Crippen LogP contribution < -0.4 is 5.32 Å². The van der Waals surface area contributed by atoms with E-state index in [0.717, 1.165) is 4.90 Å². The van der Waals surface area contributed by atoms with Crippen molar-refractivity contribution >= 4 is 17.9 Å². The van der Waals surface area contributed by atoms with Gasteiger partial charge in [-0.3, -0.25) is 14.9 Å². The van der Waals surface area contributed by atoms with E-state index in [0.29, 0.717) is 0 Å². The highest BCUT2D eigenvalue weighted by atomic mass is 19.4. The molecule has 0 radical (unpaired) electrons. The Hall–Kier alpha value is -1.80. The fourth-order valence-corrected chi connectivity index (χ4v) is 1.91. The number of carboxylic acid groups (broad SMARTS) is 1. The standard InChI is InChI=1S/C11H15F3N2O4/c12-11(13,14)7-2-1-5-16(6-7)10(20)15-8(17)3-4-9(18)19/h7H,1-6H2,(H,18,19)(H,15,17,20). The maximum absolute atomic E-state index is 12.6. The van der Waals surface area contributed by atoms with E-state index in [2.05, 4.69) is 0 Å². The molecule has 0 bridgehead atoms. The van der Waals surface area contributed by atoms with Gasteiger partial charge in [-0.05, 0) is 12.8 Å². The Morgan fingerprint density at radius 3 is 2.45 bits per heavy atom. The molecule has 114 valence electrons. The van der Waals surface area contributed by atoms with Gasteiger partial charge in [-0.2, -0.15) is 13.2 Å². The van der Waals surface area contributed by atoms with Crippen LogP contribution in [0.4, 0.5) is 18.0 Å². The van der Waals surface area contributed by atoms with Crippen molar-refractivity contribution in [2.75, 3.05) is 13.1 Å². The number of nitrogens with zero attached hydrogens (tertiary/aromatic N) is 1. The minimum Gasteiger partial charge on any atom is -0.481 e. The van der Waals surface area contributed by atoms with Gasteiger partial charge in [0.25, 0.3) is 0 Å². The van der Waals surface area contributed by atoms with Gasteiger partial charge in [0.1, 0.15) is 0 Å². The van der Waals surface area contributed by atoms with Crippen LogP contribution in [-0.2, 0) is 9.59 Å². The van der Waals surface area contributed by atoms with E-state index in [1.54, 1.807) is 0 Å². The molecule has 2 N–H and O–H groups in total. The third-order valence-electron chi connectivity index (χ3n) is 2.98. The third-order valence-corrected chi connectivity index (χ3v) is 2.98. The summed E-state index contributed by atoms with van der Waals surface area (Å²) in [6.45, 7) is -0.341. The number of carbonyl (C=O) groups is 3. The summed E-state index contributed by atoms with van der Waals surface area (Å²) < 4.78 is 37.7. The Bertz CT molecular complexity index is 398. The molecule has 1 rings (SSSR count). The molecule has 6 nitrogen and oxygen atoms in total. The maximum atomic E-state index is 12.6. The summed E-state index contributed by atoms with van der Waals surface area (Å²) in [7, 11) is 0. The van der Waals surface area contributed by atoms with Crippen LogP contribution in [-0.4, -0.2) is 47.2 Å². The summed E-state index contributed by atoms with van der Waals surface area (Å²) in [4.78, 5) is 34.0. The van der Waals surface area contributed by atoms with Crippen molar-refractivity contribution in [3.05, 3.63) is 0 Å². The molecule has 0 aromatic carbocycles. The lowest BCUT2D eigenvalue weighted by Crippen LogP contribution is -2.49. The number of alkyl halides is 3. The number of carbonyl (C=O) groups excluding carboxylic acids is 2. The van der Waals surface area contributed by atoms with E-state index in [-0.39, 0.29) is 19.4 Å². The molecule has 0 aromatic heterocycles. The molecule has 0 saturated carbocycles. The molecule has 0 aromatic rings. The predicted octanol–water partition coefficient (Wildman–Crippen LogP) is 1.36. The van der Waals surface area contributed by atoms with Gasteiger partial charge in [0.2, 0.25) is 5.91 Å². The molecule has 1 aliphatic heterocycles. The van der Waals surface area contributed by atoms with E-state index in [1.165, 1.54) is 0 Å². The fourth-order valence-electron chi connectivity index (χ4n) is 1.91. The summed E-state index contributed by atoms with van der Waals surface area (Å²) >= 11 is 0. The van der Waals surface area contributed by atoms with Crippen LogP contribution in [0.25, 0.3) is 0 Å². The molecule has 1 atom stereocenters. The molecule has 1 fully saturated rings. The van der Waals surface area contributed by atoms with Gasteiger partial charge in [-0.1, -0.05) is 0 Å². The fraction of sp³-hybridized carbons (Fsp3) is 0.727. The lowest BCUT2D eigenvalue weighted by molar-refractivity contribution is -0.184. The topological polar surface area (TPSA) is 86.7 Å². The van der Waals surface area contributed by atoms with Crippen LogP contribution >= 0.6 is 0 Å². The van der Waals surface area contributed by atoms with E-state index < -0.39 is 49.4 Å². The van der Waals surface area contributed by atoms with Gasteiger partial charge in [0.05, 0.1) is 12.3 Å². The van der Waals surface area contributed by atoms with E-state index >= 15 is 0 Å². The van der Waals surface area contributed by atoms with Gasteiger partial charge in [0, 0.05) is 19.5 Å². The average Bonchev–Trinajstić information content (AvgIpc) is 2.35. The third kappa shape index (κ3) is 5.06. The van der Waals surface area contributed by atoms with E-state index in [1.807, 2.05) is 5.32 Å². The largest absolute Gasteiger partial charge is 0.481 e. The minimum atomic E-state index is -4.37. The predicted molar refractivity (Wildman–Crippen MR) is 60.8 cm³/mol. The smallest absolute Gasteiger partial charge is 0.393 e. The number of aliphatic carboxylic acids is 1. The van der Waals surface area contributed by atoms with Crippen molar-refractivity contribution in [1.82, 2.24) is 10.2 Å². The molecule has 20 heavy (non-hydrogen) atoms. The van der Waals surface area contributed by atoms with Crippen molar-refractivity contribution in [3.8, 4) is 0 Å². The monoisotopic (exact) mass is 296 g/mol. The lowest BCUT2D eigenvalue weighted by Gasteiger charge is -2.33. The quantitative estimate of drug-likeness (QED) is 0.823. The highest BCUT2D eigenvalue weighted by Gasteiger charge is 2.42. The highest BCUT2D eigenvalue weighted by molar-refractivity contribution is 5.95. The number of piperidine rings is 1. The van der Waals surface area contributed by atoms with Crippen molar-refractivity contribution in [2.24, 2.45) is 5.92 Å². The number of hydrogen-bond acceptors (Lipinski definition) is 3. The maximum Gasteiger partial charge on any atom is 0.393 e. The first-order chi connectivity index (χ1) is 9.20. The number of urea groups is 1. The van der Waals surface area contributed by atoms with Crippen LogP contribution in [0, 0.1) is 5.92 Å². The van der Waals surface area contributed by atoms with Crippen LogP contribution in [0.3, 0.4) is 0 Å².